The number of rotatable bonds is 1. The van der Waals surface area contributed by atoms with Gasteiger partial charge >= 0.3 is 0 Å². The number of hydrogen-bond donors (Lipinski definition) is 1. The average Bonchev–Trinajstić information content (AvgIpc) is 2.67. The molecule has 1 aromatic heterocycles. The molecule has 1 saturated heterocycles. The minimum absolute atomic E-state index is 0.0514. The van der Waals surface area contributed by atoms with Gasteiger partial charge in [0.1, 0.15) is 6.54 Å². The maximum atomic E-state index is 12.6. The lowest BCUT2D eigenvalue weighted by atomic mass is 10.1. The van der Waals surface area contributed by atoms with Crippen molar-refractivity contribution in [3.8, 4) is 11.8 Å². The third-order valence-corrected chi connectivity index (χ3v) is 3.34. The van der Waals surface area contributed by atoms with Gasteiger partial charge in [-0.25, -0.2) is 0 Å². The van der Waals surface area contributed by atoms with Crippen LogP contribution in [0.15, 0.2) is 18.5 Å². The highest BCUT2D eigenvalue weighted by molar-refractivity contribution is 5.98. The van der Waals surface area contributed by atoms with E-state index in [0.29, 0.717) is 24.2 Å². The molecule has 0 saturated carbocycles. The van der Waals surface area contributed by atoms with Crippen molar-refractivity contribution in [3.05, 3.63) is 29.6 Å². The Morgan fingerprint density at radius 3 is 3.05 bits per heavy atom. The number of likely N-dealkylation sites (N-methyl/N-ethyl adjacent to an activating group) is 1. The van der Waals surface area contributed by atoms with Crippen molar-refractivity contribution in [2.45, 2.75) is 6.42 Å². The number of amides is 2. The molecule has 0 radical (unpaired) electrons. The van der Waals surface area contributed by atoms with Crippen molar-refractivity contribution in [2.75, 3.05) is 33.2 Å². The first-order chi connectivity index (χ1) is 10.1. The second-order valence-corrected chi connectivity index (χ2v) is 4.82. The first kappa shape index (κ1) is 15.0. The first-order valence-electron chi connectivity index (χ1n) is 6.79. The van der Waals surface area contributed by atoms with Crippen LogP contribution in [0.2, 0.25) is 0 Å². The van der Waals surface area contributed by atoms with E-state index in [2.05, 4.69) is 16.8 Å². The fourth-order valence-electron chi connectivity index (χ4n) is 2.16. The van der Waals surface area contributed by atoms with E-state index in [0.717, 1.165) is 6.42 Å². The second-order valence-electron chi connectivity index (χ2n) is 4.82. The maximum absolute atomic E-state index is 12.6. The van der Waals surface area contributed by atoms with Crippen LogP contribution in [0.1, 0.15) is 22.3 Å². The molecule has 2 amide bonds. The van der Waals surface area contributed by atoms with Gasteiger partial charge in [-0.05, 0) is 12.5 Å². The molecule has 1 aliphatic rings. The molecule has 1 fully saturated rings. The number of carbonyl (C=O) groups excluding carboxylic acids is 2. The number of aromatic nitrogens is 1. The minimum atomic E-state index is -0.192. The van der Waals surface area contributed by atoms with E-state index in [-0.39, 0.29) is 24.9 Å². The highest BCUT2D eigenvalue weighted by atomic mass is 16.2. The molecule has 1 aromatic rings. The van der Waals surface area contributed by atoms with Crippen LogP contribution in [0, 0.1) is 11.8 Å². The van der Waals surface area contributed by atoms with Gasteiger partial charge in [-0.2, -0.15) is 0 Å². The Kier molecular flexibility index (Phi) is 4.90. The van der Waals surface area contributed by atoms with Crippen molar-refractivity contribution < 1.29 is 9.59 Å². The summed E-state index contributed by atoms with van der Waals surface area (Å²) in [7, 11) is 1.75. The lowest BCUT2D eigenvalue weighted by molar-refractivity contribution is -0.129. The number of hydrogen-bond acceptors (Lipinski definition) is 4. The van der Waals surface area contributed by atoms with E-state index in [1.807, 2.05) is 0 Å². The normalized spacial score (nSPS) is 15.2. The molecule has 0 bridgehead atoms. The largest absolute Gasteiger partial charge is 0.344 e. The lowest BCUT2D eigenvalue weighted by Gasteiger charge is -2.20. The zero-order valence-electron chi connectivity index (χ0n) is 12.0. The topological polar surface area (TPSA) is 79.5 Å². The Morgan fingerprint density at radius 2 is 2.29 bits per heavy atom. The number of pyridine rings is 1. The molecule has 21 heavy (non-hydrogen) atoms. The number of nitrogens with two attached hydrogens (primary N) is 1. The van der Waals surface area contributed by atoms with Gasteiger partial charge in [0.2, 0.25) is 5.91 Å². The molecule has 6 nitrogen and oxygen atoms in total. The van der Waals surface area contributed by atoms with Gasteiger partial charge in [-0.3, -0.25) is 14.6 Å². The van der Waals surface area contributed by atoms with Crippen molar-refractivity contribution >= 4 is 11.8 Å². The predicted molar refractivity (Wildman–Crippen MR) is 78.3 cm³/mol. The molecule has 0 aliphatic carbocycles. The number of nitrogens with zero attached hydrogens (tertiary/aromatic N) is 3. The third-order valence-electron chi connectivity index (χ3n) is 3.34. The monoisotopic (exact) mass is 286 g/mol. The molecule has 6 heteroatoms. The van der Waals surface area contributed by atoms with Gasteiger partial charge in [-0.1, -0.05) is 11.8 Å². The van der Waals surface area contributed by atoms with Crippen molar-refractivity contribution in [3.63, 3.8) is 0 Å². The van der Waals surface area contributed by atoms with Crippen LogP contribution in [-0.2, 0) is 4.79 Å². The highest BCUT2D eigenvalue weighted by Crippen LogP contribution is 2.12. The molecule has 110 valence electrons. The molecule has 2 rings (SSSR count). The second kappa shape index (κ2) is 6.86. The van der Waals surface area contributed by atoms with Gasteiger partial charge in [0, 0.05) is 32.5 Å². The summed E-state index contributed by atoms with van der Waals surface area (Å²) in [5.41, 5.74) is 6.36. The molecule has 1 aliphatic heterocycles. The zero-order valence-corrected chi connectivity index (χ0v) is 12.0. The van der Waals surface area contributed by atoms with Crippen molar-refractivity contribution in [1.29, 1.82) is 0 Å². The Morgan fingerprint density at radius 1 is 1.48 bits per heavy atom. The Balaban J connectivity index is 2.25. The molecule has 2 heterocycles. The van der Waals surface area contributed by atoms with Crippen LogP contribution in [0.4, 0.5) is 0 Å². The highest BCUT2D eigenvalue weighted by Gasteiger charge is 2.24. The first-order valence-corrected chi connectivity index (χ1v) is 6.79. The fourth-order valence-corrected chi connectivity index (χ4v) is 2.16. The van der Waals surface area contributed by atoms with Crippen LogP contribution in [0.5, 0.6) is 0 Å². The Hall–Kier alpha value is -2.39. The minimum Gasteiger partial charge on any atom is -0.344 e. The van der Waals surface area contributed by atoms with Crippen molar-refractivity contribution in [1.82, 2.24) is 14.8 Å². The number of carbonyl (C=O) groups is 2. The molecular weight excluding hydrogens is 268 g/mol. The van der Waals surface area contributed by atoms with Crippen molar-refractivity contribution in [2.24, 2.45) is 5.73 Å². The summed E-state index contributed by atoms with van der Waals surface area (Å²) in [6, 6.07) is 1.63. The Bertz CT molecular complexity index is 603. The third kappa shape index (κ3) is 3.58. The quantitative estimate of drug-likeness (QED) is 0.719. The van der Waals surface area contributed by atoms with E-state index in [1.165, 1.54) is 0 Å². The summed E-state index contributed by atoms with van der Waals surface area (Å²) in [5, 5.41) is 0. The standard InChI is InChI=1S/C15H18N4O2/c1-18-8-3-9-19(11-14(18)20)15(21)13-5-7-17-10-12(13)4-2-6-16/h5,7,10H,3,6,8-9,11,16H2,1H3. The van der Waals surface area contributed by atoms with Gasteiger partial charge in [0.25, 0.3) is 5.91 Å². The van der Waals surface area contributed by atoms with Crippen LogP contribution in [0.25, 0.3) is 0 Å². The zero-order chi connectivity index (χ0) is 15.2. The van der Waals surface area contributed by atoms with E-state index < -0.39 is 0 Å². The molecular formula is C15H18N4O2. The van der Waals surface area contributed by atoms with Gasteiger partial charge < -0.3 is 15.5 Å². The average molecular weight is 286 g/mol. The van der Waals surface area contributed by atoms with Crippen LogP contribution in [-0.4, -0.2) is 59.8 Å². The summed E-state index contributed by atoms with van der Waals surface area (Å²) in [6.07, 6.45) is 3.86. The van der Waals surface area contributed by atoms with E-state index >= 15 is 0 Å². The summed E-state index contributed by atoms with van der Waals surface area (Å²) in [4.78, 5) is 31.7. The summed E-state index contributed by atoms with van der Waals surface area (Å²) >= 11 is 0. The fraction of sp³-hybridized carbons (Fsp3) is 0.400. The predicted octanol–water partition coefficient (Wildman–Crippen LogP) is -0.304. The van der Waals surface area contributed by atoms with Gasteiger partial charge in [0.05, 0.1) is 17.7 Å². The lowest BCUT2D eigenvalue weighted by Crippen LogP contribution is -2.38. The Labute approximate surface area is 123 Å². The van der Waals surface area contributed by atoms with E-state index in [4.69, 9.17) is 5.73 Å². The van der Waals surface area contributed by atoms with Crippen LogP contribution >= 0.6 is 0 Å². The molecule has 0 atom stereocenters. The smallest absolute Gasteiger partial charge is 0.255 e. The maximum Gasteiger partial charge on any atom is 0.255 e. The SMILES string of the molecule is CN1CCCN(C(=O)c2ccncc2C#CCN)CC1=O. The molecule has 0 aromatic carbocycles. The molecule has 0 spiro atoms. The van der Waals surface area contributed by atoms with E-state index in [1.54, 1.807) is 35.3 Å². The van der Waals surface area contributed by atoms with Crippen LogP contribution in [0.3, 0.4) is 0 Å². The van der Waals surface area contributed by atoms with Gasteiger partial charge in [0.15, 0.2) is 0 Å². The van der Waals surface area contributed by atoms with Crippen LogP contribution < -0.4 is 5.73 Å². The van der Waals surface area contributed by atoms with Gasteiger partial charge in [-0.15, -0.1) is 0 Å². The molecule has 0 unspecified atom stereocenters. The van der Waals surface area contributed by atoms with E-state index in [9.17, 15) is 9.59 Å². The summed E-state index contributed by atoms with van der Waals surface area (Å²) < 4.78 is 0. The summed E-state index contributed by atoms with van der Waals surface area (Å²) in [5.74, 6) is 5.33. The molecule has 2 N–H and O–H groups in total. The summed E-state index contributed by atoms with van der Waals surface area (Å²) in [6.45, 7) is 1.54.